The molecule has 2 aromatic rings. The molecule has 0 radical (unpaired) electrons. The van der Waals surface area contributed by atoms with Crippen LogP contribution in [0.4, 0.5) is 5.69 Å². The number of anilines is 1. The van der Waals surface area contributed by atoms with Crippen molar-refractivity contribution in [2.24, 2.45) is 0 Å². The van der Waals surface area contributed by atoms with Crippen LogP contribution in [0.5, 0.6) is 5.75 Å². The number of hydrogen-bond acceptors (Lipinski definition) is 4. The van der Waals surface area contributed by atoms with Crippen LogP contribution in [-0.2, 0) is 0 Å². The molecule has 2 rings (SSSR count). The van der Waals surface area contributed by atoms with Gasteiger partial charge in [0.25, 0.3) is 0 Å². The Morgan fingerprint density at radius 3 is 3.00 bits per heavy atom. The Labute approximate surface area is 122 Å². The largest absolute Gasteiger partial charge is 0.491 e. The van der Waals surface area contributed by atoms with Gasteiger partial charge in [0.2, 0.25) is 0 Å². The number of ether oxygens (including phenoxy) is 1. The summed E-state index contributed by atoms with van der Waals surface area (Å²) in [7, 11) is 0. The molecule has 0 aliphatic rings. The molecule has 3 nitrogen and oxygen atoms in total. The van der Waals surface area contributed by atoms with Gasteiger partial charge in [-0.2, -0.15) is 0 Å². The van der Waals surface area contributed by atoms with Crippen molar-refractivity contribution in [3.63, 3.8) is 0 Å². The summed E-state index contributed by atoms with van der Waals surface area (Å²) in [4.78, 5) is 5.28. The molecule has 0 bridgehead atoms. The van der Waals surface area contributed by atoms with Crippen molar-refractivity contribution in [2.45, 2.75) is 26.3 Å². The minimum absolute atomic E-state index is 0.176. The van der Waals surface area contributed by atoms with Gasteiger partial charge in [-0.15, -0.1) is 11.3 Å². The Balaban J connectivity index is 2.15. The van der Waals surface area contributed by atoms with Crippen molar-refractivity contribution < 1.29 is 4.74 Å². The van der Waals surface area contributed by atoms with E-state index < -0.39 is 0 Å². The van der Waals surface area contributed by atoms with E-state index in [1.807, 2.05) is 29.9 Å². The predicted molar refractivity (Wildman–Crippen MR) is 81.4 cm³/mol. The van der Waals surface area contributed by atoms with Crippen LogP contribution in [0.3, 0.4) is 0 Å². The second-order valence-electron chi connectivity index (χ2n) is 4.26. The maximum Gasteiger partial charge on any atom is 0.142 e. The molecule has 0 saturated heterocycles. The molecule has 1 atom stereocenters. The van der Waals surface area contributed by atoms with Gasteiger partial charge in [0.05, 0.1) is 23.8 Å². The van der Waals surface area contributed by atoms with E-state index in [-0.39, 0.29) is 6.04 Å². The highest BCUT2D eigenvalue weighted by Gasteiger charge is 2.11. The quantitative estimate of drug-likeness (QED) is 0.834. The lowest BCUT2D eigenvalue weighted by molar-refractivity contribution is 0.318. The first-order valence-electron chi connectivity index (χ1n) is 6.28. The first kappa shape index (κ1) is 14.2. The van der Waals surface area contributed by atoms with Crippen LogP contribution < -0.4 is 10.1 Å². The predicted octanol–water partition coefficient (Wildman–Crippen LogP) is 4.76. The van der Waals surface area contributed by atoms with E-state index >= 15 is 0 Å². The van der Waals surface area contributed by atoms with Crippen LogP contribution in [-0.4, -0.2) is 11.6 Å². The van der Waals surface area contributed by atoms with E-state index in [1.165, 1.54) is 4.88 Å². The molecule has 1 aromatic heterocycles. The number of aromatic nitrogens is 1. The summed E-state index contributed by atoms with van der Waals surface area (Å²) >= 11 is 7.68. The highest BCUT2D eigenvalue weighted by Crippen LogP contribution is 2.32. The second kappa shape index (κ2) is 6.78. The van der Waals surface area contributed by atoms with Gasteiger partial charge >= 0.3 is 0 Å². The summed E-state index contributed by atoms with van der Waals surface area (Å²) in [5, 5.41) is 4.12. The third-order valence-electron chi connectivity index (χ3n) is 2.65. The van der Waals surface area contributed by atoms with Crippen molar-refractivity contribution in [1.29, 1.82) is 0 Å². The SMILES string of the molecule is CCCOc1ccc(Cl)cc1NC(C)c1cncs1. The summed E-state index contributed by atoms with van der Waals surface area (Å²) in [6, 6.07) is 5.81. The van der Waals surface area contributed by atoms with Crippen LogP contribution in [0, 0.1) is 0 Å². The van der Waals surface area contributed by atoms with Crippen LogP contribution >= 0.6 is 22.9 Å². The average Bonchev–Trinajstić information content (AvgIpc) is 2.92. The highest BCUT2D eigenvalue weighted by atomic mass is 35.5. The van der Waals surface area contributed by atoms with Gasteiger partial charge in [-0.1, -0.05) is 18.5 Å². The molecule has 0 saturated carbocycles. The van der Waals surface area contributed by atoms with Crippen molar-refractivity contribution in [3.8, 4) is 5.75 Å². The van der Waals surface area contributed by atoms with Crippen molar-refractivity contribution >= 4 is 28.6 Å². The lowest BCUT2D eigenvalue weighted by Gasteiger charge is -2.17. The molecule has 0 aliphatic heterocycles. The van der Waals surface area contributed by atoms with Gasteiger partial charge in [-0.25, -0.2) is 0 Å². The molecular weight excluding hydrogens is 280 g/mol. The van der Waals surface area contributed by atoms with E-state index in [0.717, 1.165) is 17.9 Å². The molecule has 0 spiro atoms. The lowest BCUT2D eigenvalue weighted by atomic mass is 10.2. The van der Waals surface area contributed by atoms with Gasteiger partial charge in [0, 0.05) is 16.1 Å². The fraction of sp³-hybridized carbons (Fsp3) is 0.357. The van der Waals surface area contributed by atoms with Crippen LogP contribution in [0.25, 0.3) is 0 Å². The zero-order valence-electron chi connectivity index (χ0n) is 11.0. The smallest absolute Gasteiger partial charge is 0.142 e. The summed E-state index contributed by atoms with van der Waals surface area (Å²) < 4.78 is 5.73. The number of benzene rings is 1. The number of nitrogens with zero attached hydrogens (tertiary/aromatic N) is 1. The minimum Gasteiger partial charge on any atom is -0.491 e. The third-order valence-corrected chi connectivity index (χ3v) is 3.85. The van der Waals surface area contributed by atoms with Crippen molar-refractivity contribution in [3.05, 3.63) is 39.8 Å². The third kappa shape index (κ3) is 3.85. The van der Waals surface area contributed by atoms with Crippen molar-refractivity contribution in [2.75, 3.05) is 11.9 Å². The Kier molecular flexibility index (Phi) is 5.05. The molecule has 0 aliphatic carbocycles. The topological polar surface area (TPSA) is 34.1 Å². The summed E-state index contributed by atoms with van der Waals surface area (Å²) in [6.07, 6.45) is 2.85. The van der Waals surface area contributed by atoms with Gasteiger partial charge in [-0.05, 0) is 31.5 Å². The minimum atomic E-state index is 0.176. The fourth-order valence-corrected chi connectivity index (χ4v) is 2.50. The van der Waals surface area contributed by atoms with E-state index in [1.54, 1.807) is 11.3 Å². The first-order valence-corrected chi connectivity index (χ1v) is 7.53. The highest BCUT2D eigenvalue weighted by molar-refractivity contribution is 7.09. The maximum absolute atomic E-state index is 6.05. The van der Waals surface area contributed by atoms with Crippen LogP contribution in [0.2, 0.25) is 5.02 Å². The molecule has 1 aromatic carbocycles. The van der Waals surface area contributed by atoms with E-state index in [2.05, 4.69) is 24.1 Å². The molecule has 1 heterocycles. The van der Waals surface area contributed by atoms with Gasteiger partial charge in [0.1, 0.15) is 5.75 Å². The van der Waals surface area contributed by atoms with E-state index in [0.29, 0.717) is 11.6 Å². The Bertz CT molecular complexity index is 516. The molecule has 19 heavy (non-hydrogen) atoms. The van der Waals surface area contributed by atoms with E-state index in [9.17, 15) is 0 Å². The Morgan fingerprint density at radius 2 is 2.32 bits per heavy atom. The van der Waals surface area contributed by atoms with Crippen LogP contribution in [0.1, 0.15) is 31.2 Å². The molecule has 0 amide bonds. The number of rotatable bonds is 6. The molecule has 1 unspecified atom stereocenters. The molecule has 1 N–H and O–H groups in total. The summed E-state index contributed by atoms with van der Waals surface area (Å²) in [5.74, 6) is 0.836. The average molecular weight is 297 g/mol. The Morgan fingerprint density at radius 1 is 1.47 bits per heavy atom. The summed E-state index contributed by atoms with van der Waals surface area (Å²) in [5.41, 5.74) is 2.75. The van der Waals surface area contributed by atoms with E-state index in [4.69, 9.17) is 16.3 Å². The second-order valence-corrected chi connectivity index (χ2v) is 5.61. The normalized spacial score (nSPS) is 12.2. The molecule has 102 valence electrons. The maximum atomic E-state index is 6.05. The van der Waals surface area contributed by atoms with Gasteiger partial charge < -0.3 is 10.1 Å². The zero-order chi connectivity index (χ0) is 13.7. The van der Waals surface area contributed by atoms with Crippen LogP contribution in [0.15, 0.2) is 29.9 Å². The number of hydrogen-bond donors (Lipinski definition) is 1. The van der Waals surface area contributed by atoms with Crippen molar-refractivity contribution in [1.82, 2.24) is 4.98 Å². The number of thiazole rings is 1. The molecule has 0 fully saturated rings. The van der Waals surface area contributed by atoms with Gasteiger partial charge in [0.15, 0.2) is 0 Å². The monoisotopic (exact) mass is 296 g/mol. The first-order chi connectivity index (χ1) is 9.20. The molecular formula is C14H17ClN2OS. The zero-order valence-corrected chi connectivity index (χ0v) is 12.6. The summed E-state index contributed by atoms with van der Waals surface area (Å²) in [6.45, 7) is 4.88. The lowest BCUT2D eigenvalue weighted by Crippen LogP contribution is -2.07. The molecule has 5 heteroatoms. The number of nitrogens with one attached hydrogen (secondary N) is 1. The number of halogens is 1. The Hall–Kier alpha value is -1.26. The standard InChI is InChI=1S/C14H17ClN2OS/c1-3-6-18-13-5-4-11(15)7-12(13)17-10(2)14-8-16-9-19-14/h4-5,7-10,17H,3,6H2,1-2H3. The van der Waals surface area contributed by atoms with Gasteiger partial charge in [-0.3, -0.25) is 4.98 Å². The fourth-order valence-electron chi connectivity index (χ4n) is 1.70.